The molecule has 1 amide bonds. The van der Waals surface area contributed by atoms with Crippen LogP contribution in [-0.2, 0) is 0 Å². The second-order valence-electron chi connectivity index (χ2n) is 10.7. The molecule has 0 spiro atoms. The van der Waals surface area contributed by atoms with Crippen molar-refractivity contribution in [2.24, 2.45) is 0 Å². The van der Waals surface area contributed by atoms with Gasteiger partial charge in [-0.1, -0.05) is 66.2 Å². The van der Waals surface area contributed by atoms with Crippen LogP contribution in [0, 0.1) is 0 Å². The minimum atomic E-state index is -1.04. The third kappa shape index (κ3) is 4.39. The highest BCUT2D eigenvalue weighted by Crippen LogP contribution is 2.45. The van der Waals surface area contributed by atoms with Gasteiger partial charge in [0.05, 0.1) is 22.0 Å². The maximum atomic E-state index is 14.0. The number of benzene rings is 3. The number of piperidine rings is 1. The van der Waals surface area contributed by atoms with Gasteiger partial charge >= 0.3 is 6.09 Å². The molecule has 4 aromatic rings. The molecule has 1 aromatic heterocycles. The minimum absolute atomic E-state index is 0.0806. The molecule has 0 radical (unpaired) electrons. The number of carbonyl (C=O) groups is 1. The molecule has 0 saturated carbocycles. The van der Waals surface area contributed by atoms with Gasteiger partial charge in [-0.3, -0.25) is 14.3 Å². The highest BCUT2D eigenvalue weighted by atomic mass is 35.5. The summed E-state index contributed by atoms with van der Waals surface area (Å²) in [5.41, 5.74) is 4.78. The zero-order chi connectivity index (χ0) is 27.3. The largest absolute Gasteiger partial charge is 0.465 e. The number of rotatable bonds is 5. The molecule has 1 fully saturated rings. The minimum Gasteiger partial charge on any atom is -0.465 e. The summed E-state index contributed by atoms with van der Waals surface area (Å²) in [6, 6.07) is 20.9. The molecule has 3 aromatic carbocycles. The molecule has 2 aliphatic rings. The van der Waals surface area contributed by atoms with Crippen molar-refractivity contribution in [2.75, 3.05) is 26.7 Å². The third-order valence-electron chi connectivity index (χ3n) is 8.39. The standard InChI is InChI=1S/C31H31ClN4O3/c1-19(35(31(38)39)18-25-23-10-5-3-8-21(23)22-9-4-6-11-24(22)25)29-33-27-13-7-12-26(32)28(27)30(37)36(29)20-14-16-34(2)17-15-20/h3-13,19-20,25H,14-18H2,1-2H3,(H,38,39). The molecular formula is C31H31ClN4O3. The summed E-state index contributed by atoms with van der Waals surface area (Å²) in [5, 5.41) is 11.3. The van der Waals surface area contributed by atoms with E-state index in [1.165, 1.54) is 4.90 Å². The molecule has 1 N–H and O–H groups in total. The Morgan fingerprint density at radius 2 is 1.64 bits per heavy atom. The molecule has 1 saturated heterocycles. The number of hydrogen-bond acceptors (Lipinski definition) is 4. The lowest BCUT2D eigenvalue weighted by Gasteiger charge is -2.35. The van der Waals surface area contributed by atoms with Crippen LogP contribution in [0.5, 0.6) is 0 Å². The average Bonchev–Trinajstić information content (AvgIpc) is 3.25. The Morgan fingerprint density at radius 3 is 2.26 bits per heavy atom. The van der Waals surface area contributed by atoms with Gasteiger partial charge in [0, 0.05) is 18.5 Å². The molecule has 1 atom stereocenters. The van der Waals surface area contributed by atoms with Crippen LogP contribution in [0.4, 0.5) is 4.79 Å². The van der Waals surface area contributed by atoms with E-state index in [4.69, 9.17) is 16.6 Å². The van der Waals surface area contributed by atoms with Crippen LogP contribution in [0.3, 0.4) is 0 Å². The molecule has 0 bridgehead atoms. The van der Waals surface area contributed by atoms with Crippen molar-refractivity contribution < 1.29 is 9.90 Å². The Kier molecular flexibility index (Phi) is 6.65. The molecule has 8 heteroatoms. The van der Waals surface area contributed by atoms with E-state index in [2.05, 4.69) is 36.2 Å². The Bertz CT molecular complexity index is 1580. The van der Waals surface area contributed by atoms with E-state index in [-0.39, 0.29) is 24.1 Å². The summed E-state index contributed by atoms with van der Waals surface area (Å²) >= 11 is 6.48. The van der Waals surface area contributed by atoms with Crippen molar-refractivity contribution in [3.8, 4) is 11.1 Å². The first kappa shape index (κ1) is 25.6. The van der Waals surface area contributed by atoms with Crippen LogP contribution < -0.4 is 5.56 Å². The van der Waals surface area contributed by atoms with E-state index in [1.807, 2.05) is 31.2 Å². The molecule has 2 heterocycles. The first-order chi connectivity index (χ1) is 18.8. The van der Waals surface area contributed by atoms with Gasteiger partial charge in [-0.2, -0.15) is 0 Å². The Hall–Kier alpha value is -3.68. The number of halogens is 1. The summed E-state index contributed by atoms with van der Waals surface area (Å²) in [6.07, 6.45) is 0.522. The van der Waals surface area contributed by atoms with Crippen LogP contribution >= 0.6 is 11.6 Å². The number of aromatic nitrogens is 2. The van der Waals surface area contributed by atoms with Gasteiger partial charge in [0.2, 0.25) is 0 Å². The Morgan fingerprint density at radius 1 is 1.03 bits per heavy atom. The fourth-order valence-electron chi connectivity index (χ4n) is 6.31. The smallest absolute Gasteiger partial charge is 0.407 e. The predicted octanol–water partition coefficient (Wildman–Crippen LogP) is 6.17. The van der Waals surface area contributed by atoms with Crippen LogP contribution in [0.15, 0.2) is 71.5 Å². The summed E-state index contributed by atoms with van der Waals surface area (Å²) in [5.74, 6) is 0.348. The monoisotopic (exact) mass is 542 g/mol. The first-order valence-electron chi connectivity index (χ1n) is 13.4. The fourth-order valence-corrected chi connectivity index (χ4v) is 6.57. The van der Waals surface area contributed by atoms with E-state index in [0.717, 1.165) is 48.2 Å². The molecule has 1 aliphatic carbocycles. The van der Waals surface area contributed by atoms with Gasteiger partial charge < -0.3 is 10.0 Å². The zero-order valence-electron chi connectivity index (χ0n) is 22.0. The van der Waals surface area contributed by atoms with Crippen LogP contribution in [0.1, 0.15) is 54.7 Å². The quantitative estimate of drug-likeness (QED) is 0.326. The molecule has 200 valence electrons. The van der Waals surface area contributed by atoms with E-state index >= 15 is 0 Å². The summed E-state index contributed by atoms with van der Waals surface area (Å²) in [7, 11) is 2.07. The number of nitrogens with zero attached hydrogens (tertiary/aromatic N) is 4. The lowest BCUT2D eigenvalue weighted by atomic mass is 9.95. The van der Waals surface area contributed by atoms with Gasteiger partial charge in [-0.05, 0) is 74.3 Å². The average molecular weight is 543 g/mol. The SMILES string of the molecule is CC(c1nc2cccc(Cl)c2c(=O)n1C1CCN(C)CC1)N(CC1c2ccccc2-c2ccccc21)C(=O)O. The highest BCUT2D eigenvalue weighted by Gasteiger charge is 2.35. The number of likely N-dealkylation sites (tertiary alicyclic amines) is 1. The second-order valence-corrected chi connectivity index (χ2v) is 11.1. The van der Waals surface area contributed by atoms with E-state index in [9.17, 15) is 14.7 Å². The van der Waals surface area contributed by atoms with Gasteiger partial charge in [0.25, 0.3) is 5.56 Å². The van der Waals surface area contributed by atoms with Crippen molar-refractivity contribution in [3.63, 3.8) is 0 Å². The third-order valence-corrected chi connectivity index (χ3v) is 8.70. The maximum absolute atomic E-state index is 14.0. The lowest BCUT2D eigenvalue weighted by Crippen LogP contribution is -2.42. The molecular weight excluding hydrogens is 512 g/mol. The van der Waals surface area contributed by atoms with E-state index in [0.29, 0.717) is 21.7 Å². The molecule has 39 heavy (non-hydrogen) atoms. The summed E-state index contributed by atoms with van der Waals surface area (Å²) in [6.45, 7) is 3.79. The normalized spacial score (nSPS) is 16.7. The van der Waals surface area contributed by atoms with Gasteiger partial charge in [0.15, 0.2) is 0 Å². The number of carboxylic acid groups (broad SMARTS) is 1. The molecule has 1 aliphatic heterocycles. The van der Waals surface area contributed by atoms with Crippen molar-refractivity contribution in [3.05, 3.63) is 99.1 Å². The number of amides is 1. The topological polar surface area (TPSA) is 78.7 Å². The number of hydrogen-bond donors (Lipinski definition) is 1. The Balaban J connectivity index is 1.46. The van der Waals surface area contributed by atoms with Gasteiger partial charge in [-0.15, -0.1) is 0 Å². The summed E-state index contributed by atoms with van der Waals surface area (Å²) in [4.78, 5) is 35.4. The molecule has 1 unspecified atom stereocenters. The first-order valence-corrected chi connectivity index (χ1v) is 13.8. The molecule has 7 nitrogen and oxygen atoms in total. The predicted molar refractivity (Wildman–Crippen MR) is 154 cm³/mol. The van der Waals surface area contributed by atoms with Crippen LogP contribution in [0.25, 0.3) is 22.0 Å². The fraction of sp³-hybridized carbons (Fsp3) is 0.323. The summed E-state index contributed by atoms with van der Waals surface area (Å²) < 4.78 is 1.73. The second kappa shape index (κ2) is 10.1. The number of fused-ring (bicyclic) bond motifs is 4. The van der Waals surface area contributed by atoms with Crippen molar-refractivity contribution in [2.45, 2.75) is 37.8 Å². The van der Waals surface area contributed by atoms with Gasteiger partial charge in [0.1, 0.15) is 5.82 Å². The van der Waals surface area contributed by atoms with Crippen molar-refractivity contribution >= 4 is 28.6 Å². The highest BCUT2D eigenvalue weighted by molar-refractivity contribution is 6.35. The lowest BCUT2D eigenvalue weighted by molar-refractivity contribution is 0.120. The van der Waals surface area contributed by atoms with E-state index < -0.39 is 12.1 Å². The van der Waals surface area contributed by atoms with Crippen molar-refractivity contribution in [1.29, 1.82) is 0 Å². The Labute approximate surface area is 232 Å². The van der Waals surface area contributed by atoms with E-state index in [1.54, 1.807) is 22.8 Å². The van der Waals surface area contributed by atoms with Gasteiger partial charge in [-0.25, -0.2) is 9.78 Å². The van der Waals surface area contributed by atoms with Crippen molar-refractivity contribution in [1.82, 2.24) is 19.4 Å². The molecule has 6 rings (SSSR count). The maximum Gasteiger partial charge on any atom is 0.407 e. The zero-order valence-corrected chi connectivity index (χ0v) is 22.8. The van der Waals surface area contributed by atoms with Crippen LogP contribution in [0.2, 0.25) is 5.02 Å². The van der Waals surface area contributed by atoms with Crippen LogP contribution in [-0.4, -0.2) is 57.2 Å².